The Morgan fingerprint density at radius 2 is 2.00 bits per heavy atom. The van der Waals surface area contributed by atoms with Gasteiger partial charge in [-0.05, 0) is 20.8 Å². The van der Waals surface area contributed by atoms with Gasteiger partial charge in [0.1, 0.15) is 11.6 Å². The molecule has 0 aromatic carbocycles. The lowest BCUT2D eigenvalue weighted by molar-refractivity contribution is 0.236. The molecule has 3 rings (SSSR count). The molecule has 0 atom stereocenters. The summed E-state index contributed by atoms with van der Waals surface area (Å²) in [6, 6.07) is 0. The van der Waals surface area contributed by atoms with Crippen LogP contribution in [0.2, 0.25) is 0 Å². The largest absolute Gasteiger partial charge is 0.345 e. The predicted octanol–water partition coefficient (Wildman–Crippen LogP) is 0.977. The van der Waals surface area contributed by atoms with Crippen LogP contribution in [0.25, 0.3) is 0 Å². The first-order valence-corrected chi connectivity index (χ1v) is 6.86. The molecule has 2 aromatic heterocycles. The molecular formula is C14H19N5O. The van der Waals surface area contributed by atoms with Crippen LogP contribution < -0.4 is 5.56 Å². The Bertz CT molecular complexity index is 681. The number of imidazole rings is 1. The molecule has 0 radical (unpaired) electrons. The minimum atomic E-state index is -0.0102. The monoisotopic (exact) mass is 273 g/mol. The van der Waals surface area contributed by atoms with Crippen molar-refractivity contribution in [3.63, 3.8) is 0 Å². The first-order chi connectivity index (χ1) is 9.52. The maximum Gasteiger partial charge on any atom is 0.255 e. The number of aromatic amines is 2. The van der Waals surface area contributed by atoms with Crippen molar-refractivity contribution in [2.45, 2.75) is 40.3 Å². The van der Waals surface area contributed by atoms with E-state index in [0.717, 1.165) is 48.0 Å². The van der Waals surface area contributed by atoms with Gasteiger partial charge in [0.25, 0.3) is 5.56 Å². The number of fused-ring (bicyclic) bond motifs is 1. The summed E-state index contributed by atoms with van der Waals surface area (Å²) in [5, 5.41) is 0. The number of nitrogens with zero attached hydrogens (tertiary/aromatic N) is 3. The Kier molecular flexibility index (Phi) is 3.17. The van der Waals surface area contributed by atoms with Crippen LogP contribution in [-0.4, -0.2) is 31.4 Å². The molecule has 106 valence electrons. The standard InChI is InChI=1S/C14H19N5O/c1-8-9(2)16-13(15-8)7-19-5-4-12-11(6-19)14(20)18-10(3)17-12/h4-7H2,1-3H3,(H,15,16)(H,17,18,20). The maximum absolute atomic E-state index is 12.0. The number of rotatable bonds is 2. The average Bonchev–Trinajstić information content (AvgIpc) is 2.69. The second-order valence-electron chi connectivity index (χ2n) is 5.43. The molecule has 3 heterocycles. The Hall–Kier alpha value is -1.95. The van der Waals surface area contributed by atoms with Crippen LogP contribution in [0, 0.1) is 20.8 Å². The third-order valence-corrected chi connectivity index (χ3v) is 3.82. The van der Waals surface area contributed by atoms with Crippen LogP contribution in [0.3, 0.4) is 0 Å². The van der Waals surface area contributed by atoms with E-state index in [1.807, 2.05) is 20.8 Å². The topological polar surface area (TPSA) is 77.7 Å². The zero-order valence-corrected chi connectivity index (χ0v) is 12.1. The van der Waals surface area contributed by atoms with Gasteiger partial charge in [-0.15, -0.1) is 0 Å². The number of hydrogen-bond donors (Lipinski definition) is 2. The van der Waals surface area contributed by atoms with Gasteiger partial charge in [0, 0.05) is 25.2 Å². The van der Waals surface area contributed by atoms with Crippen molar-refractivity contribution in [2.75, 3.05) is 6.54 Å². The highest BCUT2D eigenvalue weighted by Crippen LogP contribution is 2.16. The SMILES string of the molecule is Cc1nc2c(c(=O)[nH]1)CN(Cc1nc(C)c(C)[nH]1)CC2. The molecule has 0 aliphatic carbocycles. The number of nitrogens with one attached hydrogen (secondary N) is 2. The number of aromatic nitrogens is 4. The maximum atomic E-state index is 12.0. The predicted molar refractivity (Wildman–Crippen MR) is 75.5 cm³/mol. The summed E-state index contributed by atoms with van der Waals surface area (Å²) in [5.74, 6) is 1.65. The lowest BCUT2D eigenvalue weighted by atomic mass is 10.1. The highest BCUT2D eigenvalue weighted by molar-refractivity contribution is 5.21. The average molecular weight is 273 g/mol. The highest BCUT2D eigenvalue weighted by Gasteiger charge is 2.21. The van der Waals surface area contributed by atoms with Gasteiger partial charge in [-0.1, -0.05) is 0 Å². The fourth-order valence-corrected chi connectivity index (χ4v) is 2.65. The zero-order valence-electron chi connectivity index (χ0n) is 12.1. The molecule has 0 spiro atoms. The zero-order chi connectivity index (χ0) is 14.3. The molecule has 1 aliphatic heterocycles. The summed E-state index contributed by atoms with van der Waals surface area (Å²) < 4.78 is 0. The van der Waals surface area contributed by atoms with E-state index >= 15 is 0 Å². The van der Waals surface area contributed by atoms with Gasteiger partial charge in [0.15, 0.2) is 0 Å². The van der Waals surface area contributed by atoms with Crippen LogP contribution in [0.4, 0.5) is 0 Å². The van der Waals surface area contributed by atoms with E-state index < -0.39 is 0 Å². The molecule has 20 heavy (non-hydrogen) atoms. The van der Waals surface area contributed by atoms with Crippen LogP contribution >= 0.6 is 0 Å². The second-order valence-corrected chi connectivity index (χ2v) is 5.43. The first kappa shape index (κ1) is 13.1. The van der Waals surface area contributed by atoms with Gasteiger partial charge in [-0.3, -0.25) is 9.69 Å². The Balaban J connectivity index is 1.80. The Morgan fingerprint density at radius 3 is 2.70 bits per heavy atom. The summed E-state index contributed by atoms with van der Waals surface area (Å²) >= 11 is 0. The summed E-state index contributed by atoms with van der Waals surface area (Å²) in [4.78, 5) is 29.2. The minimum absolute atomic E-state index is 0.0102. The van der Waals surface area contributed by atoms with Crippen LogP contribution in [0.1, 0.15) is 34.3 Å². The van der Waals surface area contributed by atoms with Crippen molar-refractivity contribution in [2.24, 2.45) is 0 Å². The van der Waals surface area contributed by atoms with Crippen LogP contribution in [0.15, 0.2) is 4.79 Å². The van der Waals surface area contributed by atoms with E-state index in [1.165, 1.54) is 0 Å². The molecule has 0 unspecified atom stereocenters. The van der Waals surface area contributed by atoms with Crippen molar-refractivity contribution in [1.29, 1.82) is 0 Å². The number of hydrogen-bond acceptors (Lipinski definition) is 4. The third kappa shape index (κ3) is 2.38. The van der Waals surface area contributed by atoms with Crippen molar-refractivity contribution < 1.29 is 0 Å². The molecule has 6 heteroatoms. The molecule has 2 aromatic rings. The van der Waals surface area contributed by atoms with E-state index in [0.29, 0.717) is 12.4 Å². The van der Waals surface area contributed by atoms with E-state index in [-0.39, 0.29) is 5.56 Å². The fourth-order valence-electron chi connectivity index (χ4n) is 2.65. The minimum Gasteiger partial charge on any atom is -0.345 e. The van der Waals surface area contributed by atoms with Crippen LogP contribution in [0.5, 0.6) is 0 Å². The second kappa shape index (κ2) is 4.86. The highest BCUT2D eigenvalue weighted by atomic mass is 16.1. The van der Waals surface area contributed by atoms with Gasteiger partial charge in [0.2, 0.25) is 0 Å². The van der Waals surface area contributed by atoms with Crippen molar-refractivity contribution in [3.8, 4) is 0 Å². The van der Waals surface area contributed by atoms with Crippen LogP contribution in [-0.2, 0) is 19.5 Å². The van der Waals surface area contributed by atoms with Crippen molar-refractivity contribution >= 4 is 0 Å². The number of aryl methyl sites for hydroxylation is 3. The molecule has 6 nitrogen and oxygen atoms in total. The first-order valence-electron chi connectivity index (χ1n) is 6.86. The molecule has 0 amide bonds. The van der Waals surface area contributed by atoms with E-state index in [9.17, 15) is 4.79 Å². The van der Waals surface area contributed by atoms with Gasteiger partial charge in [-0.25, -0.2) is 9.97 Å². The molecule has 0 saturated carbocycles. The molecule has 2 N–H and O–H groups in total. The number of H-pyrrole nitrogens is 2. The van der Waals surface area contributed by atoms with Gasteiger partial charge in [0.05, 0.1) is 23.5 Å². The molecule has 0 bridgehead atoms. The van der Waals surface area contributed by atoms with E-state index in [4.69, 9.17) is 0 Å². The summed E-state index contributed by atoms with van der Waals surface area (Å²) in [7, 11) is 0. The quantitative estimate of drug-likeness (QED) is 0.855. The molecule has 1 aliphatic rings. The Labute approximate surface area is 117 Å². The Morgan fingerprint density at radius 1 is 1.20 bits per heavy atom. The van der Waals surface area contributed by atoms with Crippen molar-refractivity contribution in [1.82, 2.24) is 24.8 Å². The van der Waals surface area contributed by atoms with Gasteiger partial charge in [-0.2, -0.15) is 0 Å². The summed E-state index contributed by atoms with van der Waals surface area (Å²) in [5.41, 5.74) is 3.86. The van der Waals surface area contributed by atoms with Gasteiger partial charge >= 0.3 is 0 Å². The lowest BCUT2D eigenvalue weighted by Gasteiger charge is -2.26. The van der Waals surface area contributed by atoms with Crippen molar-refractivity contribution in [3.05, 3.63) is 44.6 Å². The van der Waals surface area contributed by atoms with E-state index in [2.05, 4.69) is 24.8 Å². The summed E-state index contributed by atoms with van der Waals surface area (Å²) in [6.07, 6.45) is 0.818. The third-order valence-electron chi connectivity index (χ3n) is 3.82. The molecule has 0 fully saturated rings. The molecular weight excluding hydrogens is 254 g/mol. The van der Waals surface area contributed by atoms with Gasteiger partial charge < -0.3 is 9.97 Å². The van der Waals surface area contributed by atoms with E-state index in [1.54, 1.807) is 0 Å². The smallest absolute Gasteiger partial charge is 0.255 e. The lowest BCUT2D eigenvalue weighted by Crippen LogP contribution is -2.35. The summed E-state index contributed by atoms with van der Waals surface area (Å²) in [6.45, 7) is 8.12. The fraction of sp³-hybridized carbons (Fsp3) is 0.500. The molecule has 0 saturated heterocycles. The normalized spacial score (nSPS) is 15.3.